The van der Waals surface area contributed by atoms with Gasteiger partial charge in [-0.3, -0.25) is 4.21 Å². The average Bonchev–Trinajstić information content (AvgIpc) is 2.41. The molecule has 2 unspecified atom stereocenters. The molecular formula is C13H25N5O2S. The summed E-state index contributed by atoms with van der Waals surface area (Å²) >= 11 is 0. The SMILES string of the molecule is CCCNc1nc(NCC(C)S(C)=O)nc(OC(C)C)n1. The Morgan fingerprint density at radius 2 is 1.76 bits per heavy atom. The maximum Gasteiger partial charge on any atom is 0.323 e. The third-order valence-corrected chi connectivity index (χ3v) is 3.90. The van der Waals surface area contributed by atoms with E-state index in [0.717, 1.165) is 13.0 Å². The van der Waals surface area contributed by atoms with Crippen molar-refractivity contribution in [1.82, 2.24) is 15.0 Å². The number of ether oxygens (including phenoxy) is 1. The van der Waals surface area contributed by atoms with Crippen molar-refractivity contribution in [3.05, 3.63) is 0 Å². The summed E-state index contributed by atoms with van der Waals surface area (Å²) in [5.74, 6) is 0.909. The number of nitrogens with zero attached hydrogens (tertiary/aromatic N) is 3. The number of aromatic nitrogens is 3. The van der Waals surface area contributed by atoms with Crippen molar-refractivity contribution in [3.63, 3.8) is 0 Å². The fourth-order valence-corrected chi connectivity index (χ4v) is 1.69. The maximum atomic E-state index is 11.4. The first-order valence-electron chi connectivity index (χ1n) is 7.15. The monoisotopic (exact) mass is 315 g/mol. The zero-order chi connectivity index (χ0) is 15.8. The van der Waals surface area contributed by atoms with E-state index >= 15 is 0 Å². The van der Waals surface area contributed by atoms with Crippen LogP contribution in [0.1, 0.15) is 34.1 Å². The molecule has 0 aliphatic rings. The van der Waals surface area contributed by atoms with Crippen molar-refractivity contribution >= 4 is 22.7 Å². The van der Waals surface area contributed by atoms with Crippen LogP contribution >= 0.6 is 0 Å². The molecule has 0 amide bonds. The van der Waals surface area contributed by atoms with Gasteiger partial charge in [-0.1, -0.05) is 6.92 Å². The lowest BCUT2D eigenvalue weighted by atomic mass is 10.5. The fourth-order valence-electron chi connectivity index (χ4n) is 1.37. The highest BCUT2D eigenvalue weighted by molar-refractivity contribution is 7.84. The van der Waals surface area contributed by atoms with Crippen molar-refractivity contribution in [1.29, 1.82) is 0 Å². The van der Waals surface area contributed by atoms with E-state index in [2.05, 4.69) is 32.5 Å². The molecular weight excluding hydrogens is 290 g/mol. The average molecular weight is 315 g/mol. The molecule has 1 heterocycles. The first-order chi connectivity index (χ1) is 9.92. The van der Waals surface area contributed by atoms with Crippen LogP contribution in [-0.2, 0) is 10.8 Å². The number of nitrogens with one attached hydrogen (secondary N) is 2. The summed E-state index contributed by atoms with van der Waals surface area (Å²) in [6.45, 7) is 9.11. The standard InChI is InChI=1S/C13H25N5O2S/c1-6-7-14-11-16-12(15-8-10(4)21(5)19)18-13(17-11)20-9(2)3/h9-10H,6-8H2,1-5H3,(H2,14,15,16,17,18). The van der Waals surface area contributed by atoms with E-state index in [-0.39, 0.29) is 17.4 Å². The minimum atomic E-state index is -0.889. The van der Waals surface area contributed by atoms with Crippen molar-refractivity contribution in [3.8, 4) is 6.01 Å². The molecule has 0 fully saturated rings. The summed E-state index contributed by atoms with van der Waals surface area (Å²) in [7, 11) is -0.889. The normalized spacial score (nSPS) is 13.8. The zero-order valence-electron chi connectivity index (χ0n) is 13.3. The Balaban J connectivity index is 2.82. The van der Waals surface area contributed by atoms with Crippen LogP contribution in [0.4, 0.5) is 11.9 Å². The van der Waals surface area contributed by atoms with Gasteiger partial charge in [0.1, 0.15) is 0 Å². The second kappa shape index (κ2) is 8.76. The topological polar surface area (TPSA) is 89.0 Å². The molecule has 0 aliphatic carbocycles. The second-order valence-electron chi connectivity index (χ2n) is 5.05. The molecule has 2 atom stereocenters. The van der Waals surface area contributed by atoms with Gasteiger partial charge in [-0.05, 0) is 27.2 Å². The van der Waals surface area contributed by atoms with Gasteiger partial charge < -0.3 is 15.4 Å². The Morgan fingerprint density at radius 1 is 1.14 bits per heavy atom. The number of anilines is 2. The molecule has 120 valence electrons. The Labute approximate surface area is 128 Å². The number of hydrogen-bond acceptors (Lipinski definition) is 7. The van der Waals surface area contributed by atoms with E-state index in [9.17, 15) is 4.21 Å². The molecule has 0 bridgehead atoms. The summed E-state index contributed by atoms with van der Waals surface area (Å²) in [6.07, 6.45) is 2.64. The molecule has 1 aromatic heterocycles. The van der Waals surface area contributed by atoms with Crippen LogP contribution in [0.15, 0.2) is 0 Å². The van der Waals surface area contributed by atoms with Crippen LogP contribution in [0.25, 0.3) is 0 Å². The van der Waals surface area contributed by atoms with Crippen LogP contribution in [0.5, 0.6) is 6.01 Å². The molecule has 21 heavy (non-hydrogen) atoms. The van der Waals surface area contributed by atoms with Crippen LogP contribution in [0.3, 0.4) is 0 Å². The third kappa shape index (κ3) is 6.70. The van der Waals surface area contributed by atoms with E-state index in [1.807, 2.05) is 20.8 Å². The lowest BCUT2D eigenvalue weighted by molar-refractivity contribution is 0.222. The van der Waals surface area contributed by atoms with Crippen LogP contribution < -0.4 is 15.4 Å². The van der Waals surface area contributed by atoms with Gasteiger partial charge in [0.25, 0.3) is 0 Å². The highest BCUT2D eigenvalue weighted by Gasteiger charge is 2.11. The molecule has 0 radical (unpaired) electrons. The highest BCUT2D eigenvalue weighted by Crippen LogP contribution is 2.13. The van der Waals surface area contributed by atoms with Crippen molar-refractivity contribution in [2.75, 3.05) is 30.0 Å². The molecule has 0 aliphatic heterocycles. The highest BCUT2D eigenvalue weighted by atomic mass is 32.2. The van der Waals surface area contributed by atoms with Crippen LogP contribution in [-0.4, -0.2) is 49.9 Å². The number of rotatable bonds is 9. The summed E-state index contributed by atoms with van der Waals surface area (Å²) in [4.78, 5) is 12.7. The summed E-state index contributed by atoms with van der Waals surface area (Å²) < 4.78 is 16.9. The minimum Gasteiger partial charge on any atom is -0.461 e. The first-order valence-corrected chi connectivity index (χ1v) is 8.77. The Kier molecular flexibility index (Phi) is 7.35. The van der Waals surface area contributed by atoms with E-state index in [1.54, 1.807) is 6.26 Å². The lowest BCUT2D eigenvalue weighted by Crippen LogP contribution is -2.22. The first kappa shape index (κ1) is 17.6. The van der Waals surface area contributed by atoms with Crippen molar-refractivity contribution in [2.24, 2.45) is 0 Å². The van der Waals surface area contributed by atoms with E-state index < -0.39 is 10.8 Å². The van der Waals surface area contributed by atoms with E-state index in [1.165, 1.54) is 0 Å². The Bertz CT molecular complexity index is 470. The fraction of sp³-hybridized carbons (Fsp3) is 0.769. The molecule has 7 nitrogen and oxygen atoms in total. The molecule has 1 aromatic rings. The zero-order valence-corrected chi connectivity index (χ0v) is 14.2. The molecule has 2 N–H and O–H groups in total. The van der Waals surface area contributed by atoms with Gasteiger partial charge in [-0.15, -0.1) is 0 Å². The Morgan fingerprint density at radius 3 is 2.29 bits per heavy atom. The van der Waals surface area contributed by atoms with Gasteiger partial charge in [-0.25, -0.2) is 0 Å². The Hall–Kier alpha value is -1.44. The second-order valence-corrected chi connectivity index (χ2v) is 6.85. The van der Waals surface area contributed by atoms with Gasteiger partial charge in [0.05, 0.1) is 6.10 Å². The van der Waals surface area contributed by atoms with Gasteiger partial charge in [0.2, 0.25) is 11.9 Å². The van der Waals surface area contributed by atoms with E-state index in [4.69, 9.17) is 4.74 Å². The summed E-state index contributed by atoms with van der Waals surface area (Å²) in [5.41, 5.74) is 0. The van der Waals surface area contributed by atoms with Gasteiger partial charge in [0, 0.05) is 35.4 Å². The molecule has 8 heteroatoms. The van der Waals surface area contributed by atoms with Crippen LogP contribution in [0, 0.1) is 0 Å². The quantitative estimate of drug-likeness (QED) is 0.716. The van der Waals surface area contributed by atoms with Crippen molar-refractivity contribution in [2.45, 2.75) is 45.5 Å². The lowest BCUT2D eigenvalue weighted by Gasteiger charge is -2.13. The van der Waals surface area contributed by atoms with Gasteiger partial charge in [-0.2, -0.15) is 15.0 Å². The molecule has 0 spiro atoms. The summed E-state index contributed by atoms with van der Waals surface area (Å²) in [6, 6.07) is 0.284. The molecule has 1 rings (SSSR count). The minimum absolute atomic E-state index is 0.0126. The third-order valence-electron chi connectivity index (χ3n) is 2.60. The number of hydrogen-bond donors (Lipinski definition) is 2. The molecule has 0 saturated carbocycles. The maximum absolute atomic E-state index is 11.4. The van der Waals surface area contributed by atoms with Gasteiger partial charge >= 0.3 is 6.01 Å². The predicted octanol–water partition coefficient (Wildman–Crippen LogP) is 1.66. The van der Waals surface area contributed by atoms with E-state index in [0.29, 0.717) is 18.4 Å². The molecule has 0 saturated heterocycles. The predicted molar refractivity (Wildman–Crippen MR) is 86.4 cm³/mol. The smallest absolute Gasteiger partial charge is 0.323 e. The van der Waals surface area contributed by atoms with Crippen molar-refractivity contribution < 1.29 is 8.95 Å². The summed E-state index contributed by atoms with van der Waals surface area (Å²) in [5, 5.41) is 6.21. The largest absolute Gasteiger partial charge is 0.461 e. The van der Waals surface area contributed by atoms with Crippen LogP contribution in [0.2, 0.25) is 0 Å². The van der Waals surface area contributed by atoms with Gasteiger partial charge in [0.15, 0.2) is 0 Å². The molecule has 0 aromatic carbocycles.